The van der Waals surface area contributed by atoms with Gasteiger partial charge in [0.1, 0.15) is 0 Å². The number of anilines is 3. The van der Waals surface area contributed by atoms with Gasteiger partial charge in [-0.2, -0.15) is 0 Å². The molecule has 1 heteroatoms. The van der Waals surface area contributed by atoms with Gasteiger partial charge in [0.05, 0.1) is 11.4 Å². The van der Waals surface area contributed by atoms with Crippen molar-refractivity contribution in [3.8, 4) is 22.3 Å². The van der Waals surface area contributed by atoms with E-state index in [1.807, 2.05) is 0 Å². The second-order valence-electron chi connectivity index (χ2n) is 10.6. The number of hydrogen-bond donors (Lipinski definition) is 0. The van der Waals surface area contributed by atoms with Crippen molar-refractivity contribution < 1.29 is 0 Å². The van der Waals surface area contributed by atoms with Crippen molar-refractivity contribution in [3.63, 3.8) is 0 Å². The van der Waals surface area contributed by atoms with E-state index in [-0.39, 0.29) is 0 Å². The minimum atomic E-state index is 1.02. The Morgan fingerprint density at radius 3 is 1.80 bits per heavy atom. The molecule has 5 aromatic carbocycles. The number of para-hydroxylation sites is 2. The zero-order valence-corrected chi connectivity index (χ0v) is 19.4. The van der Waals surface area contributed by atoms with Gasteiger partial charge >= 0.3 is 0 Å². The van der Waals surface area contributed by atoms with Crippen LogP contribution < -0.4 is 4.90 Å². The molecule has 0 saturated carbocycles. The minimum Gasteiger partial charge on any atom is -0.309 e. The van der Waals surface area contributed by atoms with E-state index in [9.17, 15) is 0 Å². The molecule has 0 radical (unpaired) electrons. The summed E-state index contributed by atoms with van der Waals surface area (Å²) < 4.78 is 0. The molecule has 9 rings (SSSR count). The Kier molecular flexibility index (Phi) is 3.29. The van der Waals surface area contributed by atoms with Crippen molar-refractivity contribution in [2.24, 2.45) is 0 Å². The van der Waals surface area contributed by atoms with Crippen molar-refractivity contribution in [2.45, 2.75) is 25.7 Å². The Bertz CT molecular complexity index is 1760. The SMILES string of the molecule is c1ccc2c(c1)Cc1cc3c(cc1-2)-c1cc2c(cc1C3)Cc1cccc3c1N2c1ccccc1C3. The molecular weight excluding hydrogens is 422 g/mol. The normalized spacial score (nSPS) is 14.9. The summed E-state index contributed by atoms with van der Waals surface area (Å²) in [4.78, 5) is 2.56. The molecule has 0 spiro atoms. The lowest BCUT2D eigenvalue weighted by atomic mass is 9.85. The van der Waals surface area contributed by atoms with E-state index in [0.717, 1.165) is 25.7 Å². The van der Waals surface area contributed by atoms with Crippen LogP contribution in [0.3, 0.4) is 0 Å². The molecule has 0 amide bonds. The number of fused-ring (bicyclic) bond motifs is 10. The van der Waals surface area contributed by atoms with Gasteiger partial charge in [-0.1, -0.05) is 72.8 Å². The van der Waals surface area contributed by atoms with E-state index in [1.54, 1.807) is 0 Å². The highest BCUT2D eigenvalue weighted by Gasteiger charge is 2.33. The third kappa shape index (κ3) is 2.33. The first-order valence-corrected chi connectivity index (χ1v) is 12.7. The van der Waals surface area contributed by atoms with Crippen LogP contribution in [0.4, 0.5) is 17.1 Å². The summed E-state index contributed by atoms with van der Waals surface area (Å²) in [5.41, 5.74) is 21.5. The van der Waals surface area contributed by atoms with Crippen LogP contribution in [0.2, 0.25) is 0 Å². The fourth-order valence-corrected chi connectivity index (χ4v) is 7.14. The summed E-state index contributed by atoms with van der Waals surface area (Å²) >= 11 is 0. The van der Waals surface area contributed by atoms with Gasteiger partial charge in [-0.3, -0.25) is 0 Å². The van der Waals surface area contributed by atoms with E-state index >= 15 is 0 Å². The van der Waals surface area contributed by atoms with Crippen molar-refractivity contribution >= 4 is 17.1 Å². The number of rotatable bonds is 0. The average molecular weight is 446 g/mol. The van der Waals surface area contributed by atoms with Crippen LogP contribution >= 0.6 is 0 Å². The fourth-order valence-electron chi connectivity index (χ4n) is 7.14. The molecule has 35 heavy (non-hydrogen) atoms. The fraction of sp³-hybridized carbons (Fsp3) is 0.118. The summed E-state index contributed by atoms with van der Waals surface area (Å²) in [6.07, 6.45) is 4.15. The molecule has 164 valence electrons. The van der Waals surface area contributed by atoms with Gasteiger partial charge in [-0.15, -0.1) is 0 Å². The van der Waals surface area contributed by atoms with Crippen molar-refractivity contribution in [3.05, 3.63) is 136 Å². The molecule has 0 N–H and O–H groups in total. The van der Waals surface area contributed by atoms with Gasteiger partial charge in [-0.05, 0) is 97.8 Å². The maximum absolute atomic E-state index is 2.56. The van der Waals surface area contributed by atoms with Crippen LogP contribution in [-0.4, -0.2) is 0 Å². The van der Waals surface area contributed by atoms with Crippen LogP contribution in [-0.2, 0) is 25.7 Å². The molecule has 0 unspecified atom stereocenters. The molecule has 1 nitrogen and oxygen atoms in total. The number of benzene rings is 5. The van der Waals surface area contributed by atoms with Crippen LogP contribution in [0.5, 0.6) is 0 Å². The van der Waals surface area contributed by atoms with Crippen molar-refractivity contribution in [2.75, 3.05) is 4.90 Å². The van der Waals surface area contributed by atoms with E-state index in [0.29, 0.717) is 0 Å². The molecule has 5 aromatic rings. The van der Waals surface area contributed by atoms with Crippen LogP contribution in [0.1, 0.15) is 44.5 Å². The van der Waals surface area contributed by atoms with Crippen LogP contribution in [0, 0.1) is 0 Å². The standard InChI is InChI=1S/C34H23N/c1-3-10-28-20(6-1)12-24-15-25-16-26-17-27-14-23-9-5-8-22-13-21-7-2-4-11-32(21)35(34(22)23)33(27)19-31(26)30(25)18-29(24)28/h1-11,15,17-19H,12-14,16H2. The molecular formula is C34H23N. The first kappa shape index (κ1) is 18.3. The zero-order valence-electron chi connectivity index (χ0n) is 19.4. The van der Waals surface area contributed by atoms with Crippen molar-refractivity contribution in [1.29, 1.82) is 0 Å². The highest BCUT2D eigenvalue weighted by Crippen LogP contribution is 2.53. The highest BCUT2D eigenvalue weighted by atomic mass is 15.2. The number of hydrogen-bond acceptors (Lipinski definition) is 1. The second-order valence-corrected chi connectivity index (χ2v) is 10.6. The summed E-state index contributed by atoms with van der Waals surface area (Å²) in [6, 6.07) is 34.8. The summed E-state index contributed by atoms with van der Waals surface area (Å²) in [6.45, 7) is 0. The average Bonchev–Trinajstić information content (AvgIpc) is 3.42. The third-order valence-electron chi connectivity index (χ3n) is 8.66. The van der Waals surface area contributed by atoms with Gasteiger partial charge in [-0.25, -0.2) is 0 Å². The van der Waals surface area contributed by atoms with Gasteiger partial charge in [0, 0.05) is 18.5 Å². The lowest BCUT2D eigenvalue weighted by Crippen LogP contribution is -2.24. The van der Waals surface area contributed by atoms with E-state index in [4.69, 9.17) is 0 Å². The van der Waals surface area contributed by atoms with Gasteiger partial charge in [0.2, 0.25) is 0 Å². The predicted octanol–water partition coefficient (Wildman–Crippen LogP) is 8.11. The second kappa shape index (κ2) is 6.31. The molecule has 2 aliphatic carbocycles. The Hall–Kier alpha value is -4.10. The first-order chi connectivity index (χ1) is 17.3. The summed E-state index contributed by atoms with van der Waals surface area (Å²) in [5, 5.41) is 0. The Labute approximate surface area is 205 Å². The smallest absolute Gasteiger partial charge is 0.0532 e. The monoisotopic (exact) mass is 445 g/mol. The lowest BCUT2D eigenvalue weighted by molar-refractivity contribution is 1.01. The molecule has 0 atom stereocenters. The van der Waals surface area contributed by atoms with Gasteiger partial charge in [0.25, 0.3) is 0 Å². The Morgan fingerprint density at radius 1 is 0.371 bits per heavy atom. The van der Waals surface area contributed by atoms with E-state index in [1.165, 1.54) is 83.8 Å². The molecule has 0 aromatic heterocycles. The zero-order chi connectivity index (χ0) is 22.7. The summed E-state index contributed by atoms with van der Waals surface area (Å²) in [7, 11) is 0. The Balaban J connectivity index is 1.27. The maximum Gasteiger partial charge on any atom is 0.0532 e. The number of nitrogens with zero attached hydrogens (tertiary/aromatic N) is 1. The molecule has 4 aliphatic rings. The highest BCUT2D eigenvalue weighted by molar-refractivity contribution is 5.93. The minimum absolute atomic E-state index is 1.02. The molecule has 0 fully saturated rings. The van der Waals surface area contributed by atoms with Crippen LogP contribution in [0.15, 0.2) is 91.0 Å². The van der Waals surface area contributed by atoms with Crippen LogP contribution in [0.25, 0.3) is 22.3 Å². The quantitative estimate of drug-likeness (QED) is 0.228. The van der Waals surface area contributed by atoms with Crippen molar-refractivity contribution in [1.82, 2.24) is 0 Å². The van der Waals surface area contributed by atoms with Gasteiger partial charge < -0.3 is 4.90 Å². The van der Waals surface area contributed by atoms with Gasteiger partial charge in [0.15, 0.2) is 0 Å². The lowest BCUT2D eigenvalue weighted by Gasteiger charge is -2.39. The third-order valence-corrected chi connectivity index (χ3v) is 8.66. The topological polar surface area (TPSA) is 3.24 Å². The van der Waals surface area contributed by atoms with E-state index < -0.39 is 0 Å². The van der Waals surface area contributed by atoms with E-state index in [2.05, 4.69) is 95.9 Å². The molecule has 2 heterocycles. The molecule has 0 saturated heterocycles. The predicted molar refractivity (Wildman–Crippen MR) is 143 cm³/mol. The largest absolute Gasteiger partial charge is 0.309 e. The molecule has 2 aliphatic heterocycles. The maximum atomic E-state index is 2.56. The molecule has 0 bridgehead atoms. The summed E-state index contributed by atoms with van der Waals surface area (Å²) in [5.74, 6) is 0. The Morgan fingerprint density at radius 2 is 0.943 bits per heavy atom. The first-order valence-electron chi connectivity index (χ1n) is 12.7.